The van der Waals surface area contributed by atoms with E-state index in [1.807, 2.05) is 6.07 Å². The number of benzene rings is 1. The van der Waals surface area contributed by atoms with Gasteiger partial charge in [0.05, 0.1) is 18.5 Å². The van der Waals surface area contributed by atoms with Crippen LogP contribution < -0.4 is 5.32 Å². The fourth-order valence-corrected chi connectivity index (χ4v) is 2.69. The van der Waals surface area contributed by atoms with Crippen LogP contribution in [0.3, 0.4) is 0 Å². The molecular weight excluding hydrogens is 365 g/mol. The maximum atomic E-state index is 9.99. The Bertz CT molecular complexity index is 461. The highest BCUT2D eigenvalue weighted by Crippen LogP contribution is 2.33. The molecule has 1 saturated heterocycles. The van der Waals surface area contributed by atoms with Crippen molar-refractivity contribution < 1.29 is 5.11 Å². The predicted octanol–water partition coefficient (Wildman–Crippen LogP) is 2.86. The molecule has 0 bridgehead atoms. The summed E-state index contributed by atoms with van der Waals surface area (Å²) in [6.45, 7) is 3.66. The largest absolute Gasteiger partial charge is 0.508 e. The van der Waals surface area contributed by atoms with Crippen molar-refractivity contribution in [3.63, 3.8) is 0 Å². The van der Waals surface area contributed by atoms with Crippen molar-refractivity contribution in [3.8, 4) is 11.8 Å². The van der Waals surface area contributed by atoms with Crippen LogP contribution in [0.5, 0.6) is 5.75 Å². The van der Waals surface area contributed by atoms with Gasteiger partial charge in [-0.05, 0) is 18.2 Å². The molecule has 20 heavy (non-hydrogen) atoms. The monoisotopic (exact) mass is 381 g/mol. The van der Waals surface area contributed by atoms with Crippen LogP contribution in [-0.2, 0) is 0 Å². The molecule has 112 valence electrons. The van der Waals surface area contributed by atoms with Crippen molar-refractivity contribution in [1.29, 1.82) is 5.26 Å². The summed E-state index contributed by atoms with van der Waals surface area (Å²) < 4.78 is 0.924. The summed E-state index contributed by atoms with van der Waals surface area (Å²) in [6, 6.07) is 7.57. The van der Waals surface area contributed by atoms with Crippen molar-refractivity contribution in [3.05, 3.63) is 28.2 Å². The van der Waals surface area contributed by atoms with Gasteiger partial charge in [0.25, 0.3) is 0 Å². The number of rotatable bonds is 3. The molecule has 4 nitrogen and oxygen atoms in total. The highest BCUT2D eigenvalue weighted by Gasteiger charge is 2.24. The van der Waals surface area contributed by atoms with Gasteiger partial charge in [0.1, 0.15) is 5.75 Å². The van der Waals surface area contributed by atoms with E-state index in [9.17, 15) is 5.11 Å². The Morgan fingerprint density at radius 1 is 1.35 bits per heavy atom. The van der Waals surface area contributed by atoms with Gasteiger partial charge in [0.2, 0.25) is 0 Å². The molecule has 1 fully saturated rings. The molecule has 0 unspecified atom stereocenters. The number of nitrogens with zero attached hydrogens (tertiary/aromatic N) is 2. The predicted molar refractivity (Wildman–Crippen MR) is 87.7 cm³/mol. The zero-order chi connectivity index (χ0) is 13.0. The molecule has 2 rings (SSSR count). The Morgan fingerprint density at radius 3 is 2.60 bits per heavy atom. The van der Waals surface area contributed by atoms with Gasteiger partial charge in [-0.3, -0.25) is 4.90 Å². The second-order valence-electron chi connectivity index (χ2n) is 4.37. The van der Waals surface area contributed by atoms with Gasteiger partial charge in [-0.25, -0.2) is 0 Å². The van der Waals surface area contributed by atoms with Crippen LogP contribution in [-0.4, -0.2) is 36.2 Å². The maximum absolute atomic E-state index is 9.99. The molecule has 0 spiro atoms. The minimum atomic E-state index is -0.0328. The van der Waals surface area contributed by atoms with E-state index in [0.29, 0.717) is 6.42 Å². The Balaban J connectivity index is 0.00000180. The van der Waals surface area contributed by atoms with E-state index in [1.165, 1.54) is 0 Å². The van der Waals surface area contributed by atoms with E-state index in [4.69, 9.17) is 5.26 Å². The summed E-state index contributed by atoms with van der Waals surface area (Å²) in [4.78, 5) is 2.25. The Labute approximate surface area is 140 Å². The van der Waals surface area contributed by atoms with Gasteiger partial charge < -0.3 is 10.4 Å². The van der Waals surface area contributed by atoms with Crippen LogP contribution in [0.4, 0.5) is 0 Å². The number of phenolic OH excluding ortho intramolecular Hbond substituents is 1. The van der Waals surface area contributed by atoms with E-state index in [0.717, 1.165) is 36.2 Å². The van der Waals surface area contributed by atoms with Gasteiger partial charge in [0.15, 0.2) is 0 Å². The van der Waals surface area contributed by atoms with Crippen LogP contribution in [0.1, 0.15) is 18.0 Å². The molecule has 1 aromatic carbocycles. The molecular formula is C13H18BrCl2N3O. The number of hydrogen-bond acceptors (Lipinski definition) is 4. The average molecular weight is 383 g/mol. The van der Waals surface area contributed by atoms with Gasteiger partial charge >= 0.3 is 0 Å². The molecule has 1 heterocycles. The third-order valence-corrected chi connectivity index (χ3v) is 3.72. The lowest BCUT2D eigenvalue weighted by molar-refractivity contribution is 0.173. The minimum Gasteiger partial charge on any atom is -0.508 e. The van der Waals surface area contributed by atoms with Crippen molar-refractivity contribution in [2.24, 2.45) is 0 Å². The Hall–Kier alpha value is -0.510. The van der Waals surface area contributed by atoms with E-state index >= 15 is 0 Å². The second-order valence-corrected chi connectivity index (χ2v) is 5.28. The smallest absolute Gasteiger partial charge is 0.120 e. The third kappa shape index (κ3) is 4.80. The third-order valence-electron chi connectivity index (χ3n) is 3.23. The summed E-state index contributed by atoms with van der Waals surface area (Å²) in [5.41, 5.74) is 0.827. The first-order valence-corrected chi connectivity index (χ1v) is 6.82. The number of hydrogen-bond donors (Lipinski definition) is 2. The molecule has 0 aromatic heterocycles. The number of phenols is 1. The van der Waals surface area contributed by atoms with Crippen LogP contribution in [0.15, 0.2) is 22.7 Å². The summed E-state index contributed by atoms with van der Waals surface area (Å²) >= 11 is 3.41. The zero-order valence-corrected chi connectivity index (χ0v) is 14.1. The number of halogens is 3. The van der Waals surface area contributed by atoms with Crippen molar-refractivity contribution in [1.82, 2.24) is 10.2 Å². The van der Waals surface area contributed by atoms with Gasteiger partial charge in [-0.1, -0.05) is 15.9 Å². The van der Waals surface area contributed by atoms with Crippen LogP contribution in [0.2, 0.25) is 0 Å². The van der Waals surface area contributed by atoms with Crippen LogP contribution in [0, 0.1) is 11.3 Å². The van der Waals surface area contributed by atoms with Crippen LogP contribution >= 0.6 is 40.7 Å². The maximum Gasteiger partial charge on any atom is 0.120 e. The summed E-state index contributed by atoms with van der Waals surface area (Å²) in [5.74, 6) is 0.261. The molecule has 1 aliphatic rings. The zero-order valence-electron chi connectivity index (χ0n) is 10.9. The lowest BCUT2D eigenvalue weighted by Crippen LogP contribution is -2.45. The Morgan fingerprint density at radius 2 is 2.00 bits per heavy atom. The molecule has 0 saturated carbocycles. The van der Waals surface area contributed by atoms with Gasteiger partial charge in [-0.15, -0.1) is 24.8 Å². The SMILES string of the molecule is Cl.Cl.N#CC[C@@H](c1cc(Br)ccc1O)N1CCNCC1. The number of piperazine rings is 1. The first-order valence-electron chi connectivity index (χ1n) is 6.02. The quantitative estimate of drug-likeness (QED) is 0.843. The molecule has 2 N–H and O–H groups in total. The van der Waals surface area contributed by atoms with E-state index < -0.39 is 0 Å². The highest BCUT2D eigenvalue weighted by atomic mass is 79.9. The average Bonchev–Trinajstić information content (AvgIpc) is 2.40. The summed E-state index contributed by atoms with van der Waals surface area (Å²) in [7, 11) is 0. The highest BCUT2D eigenvalue weighted by molar-refractivity contribution is 9.10. The van der Waals surface area contributed by atoms with E-state index in [2.05, 4.69) is 32.2 Å². The topological polar surface area (TPSA) is 59.3 Å². The molecule has 7 heteroatoms. The Kier molecular flexibility index (Phi) is 9.19. The molecule has 1 aliphatic heterocycles. The fraction of sp³-hybridized carbons (Fsp3) is 0.462. The lowest BCUT2D eigenvalue weighted by atomic mass is 10.0. The molecule has 1 aromatic rings. The van der Waals surface area contributed by atoms with Crippen molar-refractivity contribution in [2.45, 2.75) is 12.5 Å². The molecule has 0 aliphatic carbocycles. The van der Waals surface area contributed by atoms with Gasteiger partial charge in [-0.2, -0.15) is 5.26 Å². The van der Waals surface area contributed by atoms with Gasteiger partial charge in [0, 0.05) is 36.2 Å². The second kappa shape index (κ2) is 9.43. The first-order chi connectivity index (χ1) is 8.72. The number of nitriles is 1. The molecule has 1 atom stereocenters. The molecule has 0 radical (unpaired) electrons. The summed E-state index contributed by atoms with van der Waals surface area (Å²) in [6.07, 6.45) is 0.393. The van der Waals surface area contributed by atoms with Crippen LogP contribution in [0.25, 0.3) is 0 Å². The van der Waals surface area contributed by atoms with E-state index in [1.54, 1.807) is 12.1 Å². The summed E-state index contributed by atoms with van der Waals surface area (Å²) in [5, 5.41) is 22.3. The first kappa shape index (κ1) is 19.5. The number of aromatic hydroxyl groups is 1. The number of nitrogens with one attached hydrogen (secondary N) is 1. The van der Waals surface area contributed by atoms with E-state index in [-0.39, 0.29) is 36.6 Å². The van der Waals surface area contributed by atoms with Crippen molar-refractivity contribution in [2.75, 3.05) is 26.2 Å². The fourth-order valence-electron chi connectivity index (χ4n) is 2.31. The lowest BCUT2D eigenvalue weighted by Gasteiger charge is -2.34. The standard InChI is InChI=1S/C13H16BrN3O.2ClH/c14-10-1-2-13(18)11(9-10)12(3-4-15)17-7-5-16-6-8-17;;/h1-2,9,12,16,18H,3,5-8H2;2*1H/t12-;;/m0../s1. The molecule has 0 amide bonds. The minimum absolute atomic E-state index is 0. The van der Waals surface area contributed by atoms with Crippen molar-refractivity contribution >= 4 is 40.7 Å². The normalized spacial score (nSPS) is 16.4.